The lowest BCUT2D eigenvalue weighted by atomic mass is 9.63. The average Bonchev–Trinajstić information content (AvgIpc) is 3.45. The van der Waals surface area contributed by atoms with Gasteiger partial charge >= 0.3 is 0 Å². The van der Waals surface area contributed by atoms with Crippen LogP contribution in [-0.2, 0) is 14.4 Å². The normalized spacial score (nSPS) is 35.4. The fourth-order valence-corrected chi connectivity index (χ4v) is 5.54. The molecule has 2 saturated carbocycles. The average molecular weight is 378 g/mol. The van der Waals surface area contributed by atoms with Gasteiger partial charge in [0.15, 0.2) is 5.78 Å². The second-order valence-corrected chi connectivity index (χ2v) is 8.50. The molecule has 2 bridgehead atoms. The molecule has 0 radical (unpaired) electrons. The quantitative estimate of drug-likeness (QED) is 0.495. The number of nitrogens with zero attached hydrogens (tertiary/aromatic N) is 1. The van der Waals surface area contributed by atoms with Gasteiger partial charge in [0.05, 0.1) is 11.8 Å². The molecule has 144 valence electrons. The molecule has 3 amide bonds. The zero-order valence-electron chi connectivity index (χ0n) is 15.8. The summed E-state index contributed by atoms with van der Waals surface area (Å²) >= 11 is 0. The summed E-state index contributed by atoms with van der Waals surface area (Å²) in [4.78, 5) is 51.7. The first-order valence-electron chi connectivity index (χ1n) is 9.85. The molecule has 0 unspecified atom stereocenters. The van der Waals surface area contributed by atoms with Gasteiger partial charge in [-0.15, -0.1) is 0 Å². The number of amides is 3. The highest BCUT2D eigenvalue weighted by atomic mass is 16.2. The summed E-state index contributed by atoms with van der Waals surface area (Å²) < 4.78 is 0. The first-order valence-corrected chi connectivity index (χ1v) is 9.85. The van der Waals surface area contributed by atoms with Crippen molar-refractivity contribution >= 4 is 29.2 Å². The summed E-state index contributed by atoms with van der Waals surface area (Å²) in [6.07, 6.45) is 5.35. The third-order valence-electron chi connectivity index (χ3n) is 7.00. The van der Waals surface area contributed by atoms with E-state index in [-0.39, 0.29) is 41.3 Å². The number of allylic oxidation sites excluding steroid dienone is 2. The van der Waals surface area contributed by atoms with Crippen LogP contribution >= 0.6 is 0 Å². The molecule has 1 N–H and O–H groups in total. The van der Waals surface area contributed by atoms with Gasteiger partial charge in [0.2, 0.25) is 17.7 Å². The van der Waals surface area contributed by atoms with Crippen LogP contribution in [-0.4, -0.2) is 34.4 Å². The Kier molecular flexibility index (Phi) is 3.63. The van der Waals surface area contributed by atoms with Gasteiger partial charge in [-0.1, -0.05) is 24.3 Å². The molecule has 4 aliphatic carbocycles. The number of Topliss-reactive ketones (excluding diaryl/α,β-unsaturated/α-hetero) is 1. The van der Waals surface area contributed by atoms with Gasteiger partial charge in [-0.3, -0.25) is 24.1 Å². The number of hydrogen-bond acceptors (Lipinski definition) is 4. The maximum absolute atomic E-state index is 13.1. The van der Waals surface area contributed by atoms with Crippen molar-refractivity contribution in [3.8, 4) is 0 Å². The second-order valence-electron chi connectivity index (χ2n) is 8.50. The largest absolute Gasteiger partial charge is 0.324 e. The number of anilines is 1. The Hall–Kier alpha value is -2.76. The number of imide groups is 1. The maximum Gasteiger partial charge on any atom is 0.247 e. The molecule has 0 aromatic heterocycles. The van der Waals surface area contributed by atoms with Crippen molar-refractivity contribution in [2.75, 3.05) is 5.32 Å². The maximum atomic E-state index is 13.1. The lowest BCUT2D eigenvalue weighted by Gasteiger charge is -2.37. The van der Waals surface area contributed by atoms with Crippen molar-refractivity contribution < 1.29 is 19.2 Å². The van der Waals surface area contributed by atoms with E-state index in [9.17, 15) is 19.2 Å². The number of ketones is 1. The minimum Gasteiger partial charge on any atom is -0.324 e. The van der Waals surface area contributed by atoms with Gasteiger partial charge in [-0.25, -0.2) is 0 Å². The number of hydrogen-bond donors (Lipinski definition) is 1. The minimum atomic E-state index is -0.887. The zero-order valence-corrected chi connectivity index (χ0v) is 15.8. The Labute approximate surface area is 163 Å². The van der Waals surface area contributed by atoms with Gasteiger partial charge in [0.25, 0.3) is 0 Å². The molecule has 1 aromatic carbocycles. The van der Waals surface area contributed by atoms with Crippen LogP contribution in [0.15, 0.2) is 36.4 Å². The highest BCUT2D eigenvalue weighted by Gasteiger charge is 2.67. The molecule has 7 atom stereocenters. The van der Waals surface area contributed by atoms with Crippen LogP contribution in [0.4, 0.5) is 5.69 Å². The predicted octanol–water partition coefficient (Wildman–Crippen LogP) is 2.27. The zero-order chi connectivity index (χ0) is 19.7. The summed E-state index contributed by atoms with van der Waals surface area (Å²) in [5, 5.41) is 2.74. The van der Waals surface area contributed by atoms with Crippen molar-refractivity contribution in [1.29, 1.82) is 0 Å². The smallest absolute Gasteiger partial charge is 0.247 e. The molecular formula is C22H22N2O4. The molecule has 6 nitrogen and oxygen atoms in total. The SMILES string of the molecule is CC(=O)c1cccc(NC(=O)[C@@H](C)N2C(=O)[C@@H]3[C@@H]4C=C[C@H]([C@H]5C[C@@H]45)[C@@H]3C2=O)c1. The Bertz CT molecular complexity index is 916. The van der Waals surface area contributed by atoms with E-state index in [4.69, 9.17) is 0 Å². The minimum absolute atomic E-state index is 0.0975. The number of carbonyl (C=O) groups is 4. The van der Waals surface area contributed by atoms with E-state index < -0.39 is 11.9 Å². The van der Waals surface area contributed by atoms with Crippen LogP contribution < -0.4 is 5.32 Å². The van der Waals surface area contributed by atoms with E-state index in [1.807, 2.05) is 0 Å². The molecular weight excluding hydrogens is 356 g/mol. The van der Waals surface area contributed by atoms with Crippen molar-refractivity contribution in [3.05, 3.63) is 42.0 Å². The van der Waals surface area contributed by atoms with Crippen LogP contribution in [0.1, 0.15) is 30.6 Å². The van der Waals surface area contributed by atoms with Crippen LogP contribution in [0.2, 0.25) is 0 Å². The van der Waals surface area contributed by atoms with Gasteiger partial charge in [0, 0.05) is 11.3 Å². The van der Waals surface area contributed by atoms with E-state index in [0.717, 1.165) is 6.42 Å². The first kappa shape index (κ1) is 17.3. The standard InChI is InChI=1S/C22H22N2O4/c1-10(20(26)23-13-5-3-4-12(8-13)11(2)25)24-21(27)18-14-6-7-15(17-9-16(14)17)19(18)22(24)28/h3-8,10,14-19H,9H2,1-2H3,(H,23,26)/t10-,14-,15-,16-,17+,18+,19-/m1/s1. The van der Waals surface area contributed by atoms with Crippen molar-refractivity contribution in [3.63, 3.8) is 0 Å². The van der Waals surface area contributed by atoms with E-state index in [2.05, 4.69) is 17.5 Å². The van der Waals surface area contributed by atoms with Gasteiger partial charge in [-0.05, 0) is 56.1 Å². The molecule has 5 aliphatic rings. The lowest BCUT2D eigenvalue weighted by molar-refractivity contribution is -0.146. The summed E-state index contributed by atoms with van der Waals surface area (Å²) in [5.74, 6) is -0.193. The third kappa shape index (κ3) is 2.33. The number of rotatable bonds is 4. The first-order chi connectivity index (χ1) is 13.4. The monoisotopic (exact) mass is 378 g/mol. The van der Waals surface area contributed by atoms with Crippen molar-refractivity contribution in [1.82, 2.24) is 4.90 Å². The number of carbonyl (C=O) groups excluding carboxylic acids is 4. The number of nitrogens with one attached hydrogen (secondary N) is 1. The summed E-state index contributed by atoms with van der Waals surface area (Å²) in [6.45, 7) is 3.05. The second kappa shape index (κ2) is 5.87. The van der Waals surface area contributed by atoms with E-state index in [1.165, 1.54) is 11.8 Å². The fraction of sp³-hybridized carbons (Fsp3) is 0.455. The molecule has 0 spiro atoms. The lowest BCUT2D eigenvalue weighted by Crippen LogP contribution is -2.46. The number of likely N-dealkylation sites (tertiary alicyclic amines) is 1. The van der Waals surface area contributed by atoms with Crippen LogP contribution in [0.3, 0.4) is 0 Å². The Morgan fingerprint density at radius 1 is 1.07 bits per heavy atom. The topological polar surface area (TPSA) is 83.6 Å². The molecule has 1 aromatic rings. The van der Waals surface area contributed by atoms with Gasteiger partial charge in [0.1, 0.15) is 6.04 Å². The Morgan fingerprint density at radius 3 is 2.25 bits per heavy atom. The highest BCUT2D eigenvalue weighted by Crippen LogP contribution is 2.65. The third-order valence-corrected chi connectivity index (χ3v) is 7.00. The van der Waals surface area contributed by atoms with Crippen LogP contribution in [0.5, 0.6) is 0 Å². The summed E-state index contributed by atoms with van der Waals surface area (Å²) in [7, 11) is 0. The summed E-state index contributed by atoms with van der Waals surface area (Å²) in [6, 6.07) is 5.75. The summed E-state index contributed by atoms with van der Waals surface area (Å²) in [5.41, 5.74) is 0.968. The number of benzene rings is 1. The fourth-order valence-electron chi connectivity index (χ4n) is 5.54. The highest BCUT2D eigenvalue weighted by molar-refractivity contribution is 6.10. The molecule has 1 saturated heterocycles. The van der Waals surface area contributed by atoms with E-state index >= 15 is 0 Å². The van der Waals surface area contributed by atoms with Crippen LogP contribution in [0, 0.1) is 35.5 Å². The molecule has 1 aliphatic heterocycles. The van der Waals surface area contributed by atoms with Crippen molar-refractivity contribution in [2.45, 2.75) is 26.3 Å². The Balaban J connectivity index is 1.36. The van der Waals surface area contributed by atoms with E-state index in [1.54, 1.807) is 31.2 Å². The van der Waals surface area contributed by atoms with Gasteiger partial charge in [-0.2, -0.15) is 0 Å². The molecule has 3 fully saturated rings. The van der Waals surface area contributed by atoms with Crippen molar-refractivity contribution in [2.24, 2.45) is 35.5 Å². The molecule has 6 rings (SSSR count). The molecule has 28 heavy (non-hydrogen) atoms. The predicted molar refractivity (Wildman–Crippen MR) is 101 cm³/mol. The Morgan fingerprint density at radius 2 is 1.68 bits per heavy atom. The molecule has 6 heteroatoms. The van der Waals surface area contributed by atoms with E-state index in [0.29, 0.717) is 23.1 Å². The molecule has 1 heterocycles. The van der Waals surface area contributed by atoms with Gasteiger partial charge < -0.3 is 5.32 Å². The van der Waals surface area contributed by atoms with Crippen LogP contribution in [0.25, 0.3) is 0 Å².